The Bertz CT molecular complexity index is 1390. The molecule has 5 rings (SSSR count). The molecule has 0 atom stereocenters. The number of aryl methyl sites for hydroxylation is 1. The highest BCUT2D eigenvalue weighted by molar-refractivity contribution is 5.92. The number of hydrogen-bond acceptors (Lipinski definition) is 6. The Kier molecular flexibility index (Phi) is 3.98. The van der Waals surface area contributed by atoms with Gasteiger partial charge in [0.05, 0.1) is 11.1 Å². The van der Waals surface area contributed by atoms with Crippen molar-refractivity contribution in [3.05, 3.63) is 89.0 Å². The van der Waals surface area contributed by atoms with Crippen LogP contribution in [0, 0.1) is 6.92 Å². The van der Waals surface area contributed by atoms with E-state index in [0.29, 0.717) is 28.0 Å². The van der Waals surface area contributed by atoms with Crippen LogP contribution in [0.25, 0.3) is 39.4 Å². The first-order valence-corrected chi connectivity index (χ1v) is 9.05. The van der Waals surface area contributed by atoms with Gasteiger partial charge in [0, 0.05) is 23.3 Å². The molecule has 0 N–H and O–H groups in total. The topological polar surface area (TPSA) is 86.7 Å². The summed E-state index contributed by atoms with van der Waals surface area (Å²) in [6.45, 7) is 1.94. The summed E-state index contributed by atoms with van der Waals surface area (Å²) in [5.74, 6) is 0.678. The fraction of sp³-hybridized carbons (Fsp3) is 0.0455. The molecule has 2 aromatic carbocycles. The molecule has 0 aliphatic rings. The second kappa shape index (κ2) is 6.79. The molecule has 0 unspecified atom stereocenters. The van der Waals surface area contributed by atoms with Crippen LogP contribution in [0.3, 0.4) is 0 Å². The maximum Gasteiger partial charge on any atom is 0.279 e. The van der Waals surface area contributed by atoms with Gasteiger partial charge in [0.1, 0.15) is 0 Å². The molecule has 0 aliphatic heterocycles. The first kappa shape index (κ1) is 17.0. The SMILES string of the molecule is Cc1ccccc1-n1nc(-c2nc(-c3ccncc3)no2)c2ccccc2c1=O. The van der Waals surface area contributed by atoms with Crippen LogP contribution in [0.4, 0.5) is 0 Å². The maximum atomic E-state index is 13.1. The van der Waals surface area contributed by atoms with Gasteiger partial charge in [-0.1, -0.05) is 41.6 Å². The summed E-state index contributed by atoms with van der Waals surface area (Å²) in [7, 11) is 0. The number of fused-ring (bicyclic) bond motifs is 1. The van der Waals surface area contributed by atoms with E-state index in [0.717, 1.165) is 11.1 Å². The van der Waals surface area contributed by atoms with Crippen molar-refractivity contribution in [2.45, 2.75) is 6.92 Å². The number of aromatic nitrogens is 5. The average Bonchev–Trinajstić information content (AvgIpc) is 3.26. The number of benzene rings is 2. The molecule has 7 nitrogen and oxygen atoms in total. The van der Waals surface area contributed by atoms with E-state index in [2.05, 4.69) is 20.2 Å². The second-order valence-electron chi connectivity index (χ2n) is 6.56. The predicted molar refractivity (Wildman–Crippen MR) is 109 cm³/mol. The molecule has 7 heteroatoms. The molecular formula is C22H15N5O2. The lowest BCUT2D eigenvalue weighted by atomic mass is 10.1. The molecule has 0 saturated carbocycles. The lowest BCUT2D eigenvalue weighted by Gasteiger charge is -2.11. The Morgan fingerprint density at radius 2 is 1.62 bits per heavy atom. The molecule has 0 spiro atoms. The number of pyridine rings is 1. The summed E-state index contributed by atoms with van der Waals surface area (Å²) < 4.78 is 6.91. The minimum atomic E-state index is -0.201. The van der Waals surface area contributed by atoms with Crippen LogP contribution in [0.5, 0.6) is 0 Å². The van der Waals surface area contributed by atoms with Crippen molar-refractivity contribution in [3.8, 4) is 28.7 Å². The molecule has 5 aromatic rings. The van der Waals surface area contributed by atoms with E-state index in [1.807, 2.05) is 49.4 Å². The quantitative estimate of drug-likeness (QED) is 0.472. The van der Waals surface area contributed by atoms with E-state index in [-0.39, 0.29) is 11.4 Å². The van der Waals surface area contributed by atoms with Gasteiger partial charge in [-0.3, -0.25) is 9.78 Å². The summed E-state index contributed by atoms with van der Waals surface area (Å²) in [4.78, 5) is 21.6. The Morgan fingerprint density at radius 1 is 0.897 bits per heavy atom. The average molecular weight is 381 g/mol. The zero-order chi connectivity index (χ0) is 19.8. The van der Waals surface area contributed by atoms with Gasteiger partial charge in [-0.15, -0.1) is 0 Å². The van der Waals surface area contributed by atoms with Crippen molar-refractivity contribution >= 4 is 10.8 Å². The van der Waals surface area contributed by atoms with E-state index < -0.39 is 0 Å². The molecule has 0 aliphatic carbocycles. The predicted octanol–water partition coefficient (Wildman–Crippen LogP) is 3.81. The monoisotopic (exact) mass is 381 g/mol. The van der Waals surface area contributed by atoms with Gasteiger partial charge in [0.25, 0.3) is 11.4 Å². The summed E-state index contributed by atoms with van der Waals surface area (Å²) >= 11 is 0. The highest BCUT2D eigenvalue weighted by Crippen LogP contribution is 2.26. The van der Waals surface area contributed by atoms with Crippen LogP contribution in [-0.2, 0) is 0 Å². The first-order valence-electron chi connectivity index (χ1n) is 9.05. The molecule has 140 valence electrons. The van der Waals surface area contributed by atoms with Crippen molar-refractivity contribution in [1.29, 1.82) is 0 Å². The fourth-order valence-corrected chi connectivity index (χ4v) is 3.25. The van der Waals surface area contributed by atoms with E-state index >= 15 is 0 Å². The summed E-state index contributed by atoms with van der Waals surface area (Å²) in [5, 5.41) is 9.87. The molecule has 0 fully saturated rings. The van der Waals surface area contributed by atoms with Gasteiger partial charge in [-0.25, -0.2) is 0 Å². The normalized spacial score (nSPS) is 11.1. The zero-order valence-electron chi connectivity index (χ0n) is 15.5. The van der Waals surface area contributed by atoms with E-state index in [1.165, 1.54) is 4.68 Å². The number of rotatable bonds is 3. The molecule has 3 heterocycles. The molecule has 3 aromatic heterocycles. The summed E-state index contributed by atoms with van der Waals surface area (Å²) in [5.41, 5.74) is 2.68. The van der Waals surface area contributed by atoms with E-state index in [4.69, 9.17) is 4.52 Å². The van der Waals surface area contributed by atoms with Crippen LogP contribution in [0.15, 0.2) is 82.4 Å². The minimum absolute atomic E-state index is 0.201. The smallest absolute Gasteiger partial charge is 0.279 e. The summed E-state index contributed by atoms with van der Waals surface area (Å²) in [6.07, 6.45) is 3.33. The van der Waals surface area contributed by atoms with Gasteiger partial charge in [-0.2, -0.15) is 14.8 Å². The Hall–Kier alpha value is -4.13. The van der Waals surface area contributed by atoms with Crippen molar-refractivity contribution in [1.82, 2.24) is 24.9 Å². The highest BCUT2D eigenvalue weighted by atomic mass is 16.5. The van der Waals surface area contributed by atoms with Gasteiger partial charge < -0.3 is 4.52 Å². The van der Waals surface area contributed by atoms with Crippen molar-refractivity contribution < 1.29 is 4.52 Å². The Morgan fingerprint density at radius 3 is 2.41 bits per heavy atom. The third kappa shape index (κ3) is 2.89. The number of hydrogen-bond donors (Lipinski definition) is 0. The molecule has 0 bridgehead atoms. The standard InChI is InChI=1S/C22H15N5O2/c1-14-6-2-5-9-18(14)27-22(28)17-8-4-3-7-16(17)19(25-27)21-24-20(26-29-21)15-10-12-23-13-11-15/h2-13H,1H3. The van der Waals surface area contributed by atoms with Crippen LogP contribution in [0.1, 0.15) is 5.56 Å². The summed E-state index contributed by atoms with van der Waals surface area (Å²) in [6, 6.07) is 18.5. The Balaban J connectivity index is 1.77. The van der Waals surface area contributed by atoms with Crippen LogP contribution in [0.2, 0.25) is 0 Å². The number of para-hydroxylation sites is 1. The molecule has 29 heavy (non-hydrogen) atoms. The third-order valence-corrected chi connectivity index (χ3v) is 4.72. The Labute approximate surface area is 165 Å². The maximum absolute atomic E-state index is 13.1. The highest BCUT2D eigenvalue weighted by Gasteiger charge is 2.19. The number of nitrogens with zero attached hydrogens (tertiary/aromatic N) is 5. The molecular weight excluding hydrogens is 366 g/mol. The fourth-order valence-electron chi connectivity index (χ4n) is 3.25. The van der Waals surface area contributed by atoms with Gasteiger partial charge in [0.2, 0.25) is 5.82 Å². The lowest BCUT2D eigenvalue weighted by Crippen LogP contribution is -2.23. The van der Waals surface area contributed by atoms with Gasteiger partial charge >= 0.3 is 0 Å². The van der Waals surface area contributed by atoms with Crippen LogP contribution in [-0.4, -0.2) is 24.9 Å². The lowest BCUT2D eigenvalue weighted by molar-refractivity contribution is 0.430. The van der Waals surface area contributed by atoms with Gasteiger partial charge in [-0.05, 0) is 36.8 Å². The minimum Gasteiger partial charge on any atom is -0.332 e. The van der Waals surface area contributed by atoms with Crippen molar-refractivity contribution in [3.63, 3.8) is 0 Å². The van der Waals surface area contributed by atoms with Gasteiger partial charge in [0.15, 0.2) is 5.69 Å². The van der Waals surface area contributed by atoms with Crippen molar-refractivity contribution in [2.24, 2.45) is 0 Å². The second-order valence-corrected chi connectivity index (χ2v) is 6.56. The van der Waals surface area contributed by atoms with Crippen LogP contribution < -0.4 is 5.56 Å². The van der Waals surface area contributed by atoms with Crippen molar-refractivity contribution in [2.75, 3.05) is 0 Å². The largest absolute Gasteiger partial charge is 0.332 e. The molecule has 0 radical (unpaired) electrons. The molecule has 0 amide bonds. The third-order valence-electron chi connectivity index (χ3n) is 4.72. The molecule has 0 saturated heterocycles. The van der Waals surface area contributed by atoms with E-state index in [1.54, 1.807) is 30.6 Å². The van der Waals surface area contributed by atoms with Crippen LogP contribution >= 0.6 is 0 Å². The first-order chi connectivity index (χ1) is 14.2. The zero-order valence-corrected chi connectivity index (χ0v) is 15.5. The van der Waals surface area contributed by atoms with E-state index in [9.17, 15) is 4.79 Å².